The Kier molecular flexibility index (Phi) is 7.25. The average molecular weight is 512 g/mol. The topological polar surface area (TPSA) is 29.5 Å². The van der Waals surface area contributed by atoms with Crippen LogP contribution in [0, 0.1) is 0 Å². The number of hydrogen-bond acceptors (Lipinski definition) is 2. The van der Waals surface area contributed by atoms with Crippen molar-refractivity contribution in [1.82, 2.24) is 4.90 Å². The van der Waals surface area contributed by atoms with Gasteiger partial charge in [-0.1, -0.05) is 133 Å². The molecule has 1 amide bonds. The molecule has 0 saturated carbocycles. The fraction of sp³-hybridized carbons (Fsp3) is 0.194. The largest absolute Gasteiger partial charge is 0.359 e. The third-order valence-electron chi connectivity index (χ3n) is 7.99. The van der Waals surface area contributed by atoms with Crippen molar-refractivity contribution in [3.05, 3.63) is 156 Å². The molecule has 5 aromatic carbocycles. The molecule has 5 aromatic rings. The number of carbonyl (C=O) groups excluding carboxylic acids is 1. The summed E-state index contributed by atoms with van der Waals surface area (Å²) in [6.45, 7) is 1.15. The number of ether oxygens (including phenoxy) is 1. The summed E-state index contributed by atoms with van der Waals surface area (Å²) >= 11 is 0. The van der Waals surface area contributed by atoms with E-state index in [1.807, 2.05) is 23.1 Å². The number of likely N-dealkylation sites (tertiary alicyclic amines) is 1. The van der Waals surface area contributed by atoms with Gasteiger partial charge in [0.2, 0.25) is 5.91 Å². The van der Waals surface area contributed by atoms with Crippen molar-refractivity contribution in [2.45, 2.75) is 30.9 Å². The number of benzene rings is 5. The van der Waals surface area contributed by atoms with E-state index in [1.54, 1.807) is 0 Å². The molecule has 0 N–H and O–H groups in total. The number of amides is 1. The molecule has 1 saturated heterocycles. The van der Waals surface area contributed by atoms with Crippen LogP contribution < -0.4 is 0 Å². The Labute approximate surface area is 230 Å². The van der Waals surface area contributed by atoms with E-state index >= 15 is 0 Å². The van der Waals surface area contributed by atoms with Gasteiger partial charge in [-0.3, -0.25) is 4.79 Å². The standard InChI is InChI=1S/C36H33NO2/c38-35-24-23-33(37(35)26-25-29-15-12-14-28-13-10-11-22-34(28)29)27-39-36(30-16-4-1-5-17-30,31-18-6-2-7-19-31)32-20-8-3-9-21-32/h1-22,33H,23-27H2. The summed E-state index contributed by atoms with van der Waals surface area (Å²) < 4.78 is 7.08. The lowest BCUT2D eigenvalue weighted by molar-refractivity contribution is -0.130. The SMILES string of the molecule is O=C1CCC(COC(c2ccccc2)(c2ccccc2)c2ccccc2)N1CCc1cccc2ccccc12. The lowest BCUT2D eigenvalue weighted by Gasteiger charge is -2.38. The molecule has 3 nitrogen and oxygen atoms in total. The zero-order chi connectivity index (χ0) is 26.5. The molecule has 0 radical (unpaired) electrons. The lowest BCUT2D eigenvalue weighted by Crippen LogP contribution is -2.41. The maximum atomic E-state index is 13.1. The van der Waals surface area contributed by atoms with E-state index in [1.165, 1.54) is 16.3 Å². The highest BCUT2D eigenvalue weighted by Crippen LogP contribution is 2.41. The number of rotatable bonds is 9. The van der Waals surface area contributed by atoms with Crippen LogP contribution in [0.25, 0.3) is 10.8 Å². The van der Waals surface area contributed by atoms with Crippen LogP contribution in [0.5, 0.6) is 0 Å². The fourth-order valence-corrected chi connectivity index (χ4v) is 6.01. The quantitative estimate of drug-likeness (QED) is 0.193. The molecule has 39 heavy (non-hydrogen) atoms. The molecule has 0 aromatic heterocycles. The smallest absolute Gasteiger partial charge is 0.222 e. The van der Waals surface area contributed by atoms with E-state index in [2.05, 4.69) is 115 Å². The molecule has 1 fully saturated rings. The molecule has 1 atom stereocenters. The molecular formula is C36H33NO2. The predicted molar refractivity (Wildman–Crippen MR) is 158 cm³/mol. The molecule has 194 valence electrons. The number of nitrogens with zero attached hydrogens (tertiary/aromatic N) is 1. The molecule has 6 rings (SSSR count). The summed E-state index contributed by atoms with van der Waals surface area (Å²) in [4.78, 5) is 15.1. The molecule has 1 aliphatic heterocycles. The molecule has 1 heterocycles. The Morgan fingerprint density at radius 1 is 0.667 bits per heavy atom. The van der Waals surface area contributed by atoms with Crippen LogP contribution in [-0.4, -0.2) is 30.0 Å². The maximum absolute atomic E-state index is 13.1. The van der Waals surface area contributed by atoms with Gasteiger partial charge in [0.15, 0.2) is 0 Å². The van der Waals surface area contributed by atoms with Gasteiger partial charge in [0, 0.05) is 13.0 Å². The van der Waals surface area contributed by atoms with Crippen LogP contribution >= 0.6 is 0 Å². The van der Waals surface area contributed by atoms with Crippen molar-refractivity contribution < 1.29 is 9.53 Å². The molecule has 1 aliphatic rings. The van der Waals surface area contributed by atoms with Crippen molar-refractivity contribution in [3.8, 4) is 0 Å². The van der Waals surface area contributed by atoms with Crippen molar-refractivity contribution >= 4 is 16.7 Å². The van der Waals surface area contributed by atoms with Crippen molar-refractivity contribution in [1.29, 1.82) is 0 Å². The average Bonchev–Trinajstić information content (AvgIpc) is 3.36. The third-order valence-corrected chi connectivity index (χ3v) is 7.99. The molecular weight excluding hydrogens is 478 g/mol. The van der Waals surface area contributed by atoms with Crippen molar-refractivity contribution in [3.63, 3.8) is 0 Å². The highest BCUT2D eigenvalue weighted by atomic mass is 16.5. The maximum Gasteiger partial charge on any atom is 0.222 e. The Bertz CT molecular complexity index is 1430. The first-order valence-electron chi connectivity index (χ1n) is 13.8. The van der Waals surface area contributed by atoms with Gasteiger partial charge >= 0.3 is 0 Å². The van der Waals surface area contributed by atoms with E-state index in [-0.39, 0.29) is 11.9 Å². The summed E-state index contributed by atoms with van der Waals surface area (Å²) in [7, 11) is 0. The molecule has 0 aliphatic carbocycles. The van der Waals surface area contributed by atoms with Crippen LogP contribution in [0.15, 0.2) is 133 Å². The number of carbonyl (C=O) groups is 1. The van der Waals surface area contributed by atoms with E-state index in [9.17, 15) is 4.79 Å². The lowest BCUT2D eigenvalue weighted by atomic mass is 9.80. The normalized spacial score (nSPS) is 15.6. The Morgan fingerprint density at radius 2 is 1.21 bits per heavy atom. The van der Waals surface area contributed by atoms with Gasteiger partial charge in [0.1, 0.15) is 5.60 Å². The minimum absolute atomic E-state index is 0.0305. The van der Waals surface area contributed by atoms with Gasteiger partial charge < -0.3 is 9.64 Å². The molecule has 3 heteroatoms. The van der Waals surface area contributed by atoms with Crippen LogP contribution in [0.1, 0.15) is 35.1 Å². The summed E-state index contributed by atoms with van der Waals surface area (Å²) in [5.41, 5.74) is 3.73. The van der Waals surface area contributed by atoms with Crippen molar-refractivity contribution in [2.24, 2.45) is 0 Å². The van der Waals surface area contributed by atoms with Crippen LogP contribution in [0.2, 0.25) is 0 Å². The second-order valence-corrected chi connectivity index (χ2v) is 10.3. The second-order valence-electron chi connectivity index (χ2n) is 10.3. The van der Waals surface area contributed by atoms with E-state index in [4.69, 9.17) is 4.74 Å². The first-order valence-corrected chi connectivity index (χ1v) is 13.8. The summed E-state index contributed by atoms with van der Waals surface area (Å²) in [5.74, 6) is 0.216. The van der Waals surface area contributed by atoms with Crippen LogP contribution in [-0.2, 0) is 21.6 Å². The highest BCUT2D eigenvalue weighted by Gasteiger charge is 2.40. The zero-order valence-corrected chi connectivity index (χ0v) is 22.1. The summed E-state index contributed by atoms with van der Waals surface area (Å²) in [6, 6.07) is 46.3. The minimum atomic E-state index is -0.781. The van der Waals surface area contributed by atoms with E-state index in [0.717, 1.165) is 29.5 Å². The first kappa shape index (κ1) is 25.1. The molecule has 1 unspecified atom stereocenters. The second kappa shape index (κ2) is 11.3. The number of hydrogen-bond donors (Lipinski definition) is 0. The number of fused-ring (bicyclic) bond motifs is 1. The predicted octanol–water partition coefficient (Wildman–Crippen LogP) is 7.38. The van der Waals surface area contributed by atoms with Gasteiger partial charge in [0.25, 0.3) is 0 Å². The first-order chi connectivity index (χ1) is 19.3. The fourth-order valence-electron chi connectivity index (χ4n) is 6.01. The monoisotopic (exact) mass is 511 g/mol. The Balaban J connectivity index is 1.30. The third kappa shape index (κ3) is 4.98. The highest BCUT2D eigenvalue weighted by molar-refractivity contribution is 5.85. The Morgan fingerprint density at radius 3 is 1.82 bits per heavy atom. The van der Waals surface area contributed by atoms with Gasteiger partial charge in [-0.2, -0.15) is 0 Å². The minimum Gasteiger partial charge on any atom is -0.359 e. The zero-order valence-electron chi connectivity index (χ0n) is 22.1. The van der Waals surface area contributed by atoms with Crippen LogP contribution in [0.4, 0.5) is 0 Å². The van der Waals surface area contributed by atoms with Gasteiger partial charge in [0.05, 0.1) is 12.6 Å². The van der Waals surface area contributed by atoms with Gasteiger partial charge in [-0.25, -0.2) is 0 Å². The summed E-state index contributed by atoms with van der Waals surface area (Å²) in [6.07, 6.45) is 2.20. The van der Waals surface area contributed by atoms with Gasteiger partial charge in [-0.05, 0) is 45.9 Å². The molecule has 0 bridgehead atoms. The van der Waals surface area contributed by atoms with Gasteiger partial charge in [-0.15, -0.1) is 0 Å². The molecule has 0 spiro atoms. The van der Waals surface area contributed by atoms with Crippen LogP contribution in [0.3, 0.4) is 0 Å². The van der Waals surface area contributed by atoms with Crippen molar-refractivity contribution in [2.75, 3.05) is 13.2 Å². The van der Waals surface area contributed by atoms with E-state index in [0.29, 0.717) is 19.6 Å². The Hall–Kier alpha value is -4.21. The summed E-state index contributed by atoms with van der Waals surface area (Å²) in [5, 5.41) is 2.50. The van der Waals surface area contributed by atoms with E-state index < -0.39 is 5.60 Å².